The van der Waals surface area contributed by atoms with Crippen LogP contribution >= 0.6 is 11.6 Å². The van der Waals surface area contributed by atoms with Crippen LogP contribution in [0.15, 0.2) is 42.6 Å². The normalized spacial score (nSPS) is 19.6. The van der Waals surface area contributed by atoms with Gasteiger partial charge in [-0.05, 0) is 96.4 Å². The molecule has 1 aliphatic heterocycles. The van der Waals surface area contributed by atoms with Gasteiger partial charge in [-0.25, -0.2) is 20.0 Å². The number of alkyl halides is 3. The number of halogens is 4. The molecule has 0 saturated carbocycles. The molecule has 4 N–H and O–H groups in total. The number of anilines is 2. The van der Waals surface area contributed by atoms with E-state index in [9.17, 15) is 22.8 Å². The van der Waals surface area contributed by atoms with Crippen LogP contribution in [0.2, 0.25) is 5.02 Å². The number of carbonyl (C=O) groups is 2. The highest BCUT2D eigenvalue weighted by molar-refractivity contribution is 6.30. The number of carbonyl (C=O) groups excluding carboxylic acids is 2. The Morgan fingerprint density at radius 3 is 2.60 bits per heavy atom. The summed E-state index contributed by atoms with van der Waals surface area (Å²) >= 11 is 6.17. The smallest absolute Gasteiger partial charge is 0.429 e. The molecule has 15 heteroatoms. The van der Waals surface area contributed by atoms with Crippen LogP contribution in [-0.2, 0) is 14.3 Å². The number of allylic oxidation sites excluding steroid dienone is 2. The van der Waals surface area contributed by atoms with Gasteiger partial charge in [0.15, 0.2) is 0 Å². The highest BCUT2D eigenvalue weighted by atomic mass is 35.5. The first-order chi connectivity index (χ1) is 22.5. The second-order valence-corrected chi connectivity index (χ2v) is 13.2. The van der Waals surface area contributed by atoms with Crippen LogP contribution in [0.4, 0.5) is 29.6 Å². The van der Waals surface area contributed by atoms with E-state index in [1.54, 1.807) is 40.0 Å². The average Bonchev–Trinajstić information content (AvgIpc) is 3.27. The van der Waals surface area contributed by atoms with Crippen molar-refractivity contribution in [3.05, 3.63) is 58.9 Å². The molecule has 2 unspecified atom stereocenters. The Morgan fingerprint density at radius 1 is 1.21 bits per heavy atom. The van der Waals surface area contributed by atoms with Gasteiger partial charge >= 0.3 is 18.2 Å². The van der Waals surface area contributed by atoms with Gasteiger partial charge in [0.2, 0.25) is 17.9 Å². The van der Waals surface area contributed by atoms with Gasteiger partial charge in [0.1, 0.15) is 11.6 Å². The third-order valence-electron chi connectivity index (χ3n) is 7.57. The molecule has 1 aromatic heterocycles. The molecular weight excluding hydrogens is 653 g/mol. The minimum absolute atomic E-state index is 0.0179. The molecule has 0 spiro atoms. The number of ether oxygens (including phenoxy) is 3. The maximum atomic E-state index is 14.6. The molecule has 1 aliphatic carbocycles. The molecule has 4 atom stereocenters. The number of hydrogen-bond donors (Lipinski definition) is 3. The SMILES string of the molecule is CCOC(=O)[C@H](CC1CC=C(c2cc(O[C@H](c3ccc(Cl)cc3N3C=CC(C)N3)C(F)(F)F)nc(N)n2)CCC1)NC(=O)OC(C)(C)C. The number of hydrogen-bond acceptors (Lipinski definition) is 10. The molecule has 1 amide bonds. The van der Waals surface area contributed by atoms with Crippen LogP contribution in [0.1, 0.15) is 84.1 Å². The predicted octanol–water partition coefficient (Wildman–Crippen LogP) is 7.04. The van der Waals surface area contributed by atoms with E-state index < -0.39 is 36.0 Å². The van der Waals surface area contributed by atoms with Crippen LogP contribution < -0.4 is 26.2 Å². The van der Waals surface area contributed by atoms with Crippen LogP contribution in [0.25, 0.3) is 5.57 Å². The number of esters is 1. The van der Waals surface area contributed by atoms with E-state index in [0.717, 1.165) is 5.57 Å². The molecule has 0 bridgehead atoms. The summed E-state index contributed by atoms with van der Waals surface area (Å²) in [6.45, 7) is 8.86. The molecule has 2 heterocycles. The molecule has 2 aromatic rings. The zero-order valence-corrected chi connectivity index (χ0v) is 28.3. The monoisotopic (exact) mass is 694 g/mol. The van der Waals surface area contributed by atoms with E-state index in [1.165, 1.54) is 29.3 Å². The summed E-state index contributed by atoms with van der Waals surface area (Å²) in [5, 5.41) is 4.36. The molecule has 2 aliphatic rings. The quantitative estimate of drug-likeness (QED) is 0.222. The minimum Gasteiger partial charge on any atom is -0.464 e. The second-order valence-electron chi connectivity index (χ2n) is 12.7. The van der Waals surface area contributed by atoms with Crippen LogP contribution in [0, 0.1) is 5.92 Å². The van der Waals surface area contributed by atoms with Crippen molar-refractivity contribution in [2.45, 2.75) is 96.7 Å². The summed E-state index contributed by atoms with van der Waals surface area (Å²) in [5.74, 6) is -1.17. The highest BCUT2D eigenvalue weighted by Gasteiger charge is 2.45. The minimum atomic E-state index is -4.82. The van der Waals surface area contributed by atoms with Gasteiger partial charge in [-0.3, -0.25) is 5.01 Å². The van der Waals surface area contributed by atoms with Crippen LogP contribution in [-0.4, -0.2) is 52.5 Å². The lowest BCUT2D eigenvalue weighted by Crippen LogP contribution is -2.45. The lowest BCUT2D eigenvalue weighted by molar-refractivity contribution is -0.198. The predicted molar refractivity (Wildman–Crippen MR) is 176 cm³/mol. The number of amides is 1. The molecule has 0 saturated heterocycles. The van der Waals surface area contributed by atoms with Crippen LogP contribution in [0.5, 0.6) is 5.88 Å². The lowest BCUT2D eigenvalue weighted by atomic mass is 9.93. The van der Waals surface area contributed by atoms with E-state index in [4.69, 9.17) is 31.5 Å². The van der Waals surface area contributed by atoms with Gasteiger partial charge in [0, 0.05) is 28.9 Å². The summed E-state index contributed by atoms with van der Waals surface area (Å²) in [4.78, 5) is 33.4. The van der Waals surface area contributed by atoms with Crippen molar-refractivity contribution >= 4 is 40.9 Å². The first-order valence-corrected chi connectivity index (χ1v) is 16.2. The Labute approximate surface area is 283 Å². The Balaban J connectivity index is 1.55. The highest BCUT2D eigenvalue weighted by Crippen LogP contribution is 2.42. The summed E-state index contributed by atoms with van der Waals surface area (Å²) in [6, 6.07) is 4.40. The topological polar surface area (TPSA) is 141 Å². The first kappa shape index (κ1) is 36.8. The zero-order valence-electron chi connectivity index (χ0n) is 27.6. The van der Waals surface area contributed by atoms with Crippen molar-refractivity contribution in [2.75, 3.05) is 17.3 Å². The Morgan fingerprint density at radius 2 is 1.96 bits per heavy atom. The van der Waals surface area contributed by atoms with E-state index >= 15 is 0 Å². The molecular formula is C33H42ClF3N6O5. The van der Waals surface area contributed by atoms with E-state index in [0.29, 0.717) is 37.8 Å². The number of nitrogens with zero attached hydrogens (tertiary/aromatic N) is 3. The fourth-order valence-corrected chi connectivity index (χ4v) is 5.68. The van der Waals surface area contributed by atoms with Gasteiger partial charge < -0.3 is 25.3 Å². The van der Waals surface area contributed by atoms with Crippen molar-refractivity contribution in [2.24, 2.45) is 5.92 Å². The third kappa shape index (κ3) is 10.2. The molecule has 0 radical (unpaired) electrons. The summed E-state index contributed by atoms with van der Waals surface area (Å²) in [5.41, 5.74) is 9.37. The fourth-order valence-electron chi connectivity index (χ4n) is 5.51. The molecule has 0 fully saturated rings. The van der Waals surface area contributed by atoms with Crippen molar-refractivity contribution < 1.29 is 37.0 Å². The molecule has 4 rings (SSSR count). The van der Waals surface area contributed by atoms with Gasteiger partial charge in [-0.2, -0.15) is 18.2 Å². The first-order valence-electron chi connectivity index (χ1n) is 15.8. The number of alkyl carbamates (subject to hydrolysis) is 1. The standard InChI is InChI=1S/C33H42ClF3N6O5/c1-6-46-29(44)25(40-31(45)48-32(3,4)5)16-20-8-7-9-21(11-10-20)24-18-27(41-30(38)39-24)47-28(33(35,36)37)23-13-12-22(34)17-26(23)43-15-14-19(2)42-43/h11-15,17-20,25,28,42H,6-10,16H2,1-5H3,(H,40,45)(H2,38,39,41)/t19?,20?,25-,28+/m0/s1. The zero-order chi connectivity index (χ0) is 35.2. The Kier molecular flexibility index (Phi) is 11.8. The number of nitrogens with one attached hydrogen (secondary N) is 2. The largest absolute Gasteiger partial charge is 0.464 e. The van der Waals surface area contributed by atoms with Crippen molar-refractivity contribution in [1.82, 2.24) is 20.7 Å². The average molecular weight is 695 g/mol. The number of benzene rings is 1. The van der Waals surface area contributed by atoms with Crippen molar-refractivity contribution in [3.63, 3.8) is 0 Å². The van der Waals surface area contributed by atoms with E-state index in [1.807, 2.05) is 13.0 Å². The van der Waals surface area contributed by atoms with Gasteiger partial charge in [0.05, 0.1) is 18.0 Å². The molecule has 11 nitrogen and oxygen atoms in total. The van der Waals surface area contributed by atoms with Crippen molar-refractivity contribution in [3.8, 4) is 5.88 Å². The maximum absolute atomic E-state index is 14.6. The lowest BCUT2D eigenvalue weighted by Gasteiger charge is -2.28. The Hall–Kier alpha value is -4.04. The molecule has 1 aromatic carbocycles. The number of aromatic nitrogens is 2. The Bertz CT molecular complexity index is 1530. The summed E-state index contributed by atoms with van der Waals surface area (Å²) in [7, 11) is 0. The van der Waals surface area contributed by atoms with Gasteiger partial charge in [-0.1, -0.05) is 23.7 Å². The fraction of sp³-hybridized carbons (Fsp3) is 0.515. The number of hydrazine groups is 1. The summed E-state index contributed by atoms with van der Waals surface area (Å²) in [6.07, 6.45) is 0.157. The second kappa shape index (κ2) is 15.5. The number of rotatable bonds is 10. The number of nitrogen functional groups attached to an aromatic ring is 1. The third-order valence-corrected chi connectivity index (χ3v) is 7.81. The van der Waals surface area contributed by atoms with Gasteiger partial charge in [0.25, 0.3) is 0 Å². The maximum Gasteiger partial charge on any atom is 0.429 e. The molecule has 262 valence electrons. The summed E-state index contributed by atoms with van der Waals surface area (Å²) < 4.78 is 59.9. The number of nitrogens with two attached hydrogens (primary N) is 1. The van der Waals surface area contributed by atoms with Crippen LogP contribution in [0.3, 0.4) is 0 Å². The van der Waals surface area contributed by atoms with E-state index in [2.05, 4.69) is 20.7 Å². The molecule has 48 heavy (non-hydrogen) atoms. The van der Waals surface area contributed by atoms with Gasteiger partial charge in [-0.15, -0.1) is 0 Å². The van der Waals surface area contributed by atoms with Crippen molar-refractivity contribution in [1.29, 1.82) is 0 Å². The van der Waals surface area contributed by atoms with E-state index in [-0.39, 0.29) is 46.7 Å².